The van der Waals surface area contributed by atoms with Gasteiger partial charge in [0.05, 0.1) is 0 Å². The summed E-state index contributed by atoms with van der Waals surface area (Å²) in [5.74, 6) is 1.49. The smallest absolute Gasteiger partial charge is 0.225 e. The van der Waals surface area contributed by atoms with Gasteiger partial charge in [0.2, 0.25) is 5.95 Å². The van der Waals surface area contributed by atoms with Crippen molar-refractivity contribution in [3.8, 4) is 0 Å². The molecule has 18 heavy (non-hydrogen) atoms. The van der Waals surface area contributed by atoms with Crippen LogP contribution in [0.2, 0.25) is 0 Å². The summed E-state index contributed by atoms with van der Waals surface area (Å²) >= 11 is 0. The van der Waals surface area contributed by atoms with E-state index >= 15 is 0 Å². The van der Waals surface area contributed by atoms with Crippen molar-refractivity contribution in [3.05, 3.63) is 18.0 Å². The molecule has 1 unspecified atom stereocenters. The van der Waals surface area contributed by atoms with Crippen LogP contribution in [-0.2, 0) is 0 Å². The number of nitrogens with zero attached hydrogens (tertiary/aromatic N) is 3. The Labute approximate surface area is 110 Å². The van der Waals surface area contributed by atoms with Crippen molar-refractivity contribution >= 4 is 5.95 Å². The minimum atomic E-state index is 0.591. The first kappa shape index (κ1) is 13.3. The molecule has 1 aromatic heterocycles. The van der Waals surface area contributed by atoms with Crippen LogP contribution in [0.3, 0.4) is 0 Å². The van der Waals surface area contributed by atoms with E-state index in [0.29, 0.717) is 12.0 Å². The summed E-state index contributed by atoms with van der Waals surface area (Å²) in [6, 6.07) is 2.54. The van der Waals surface area contributed by atoms with Gasteiger partial charge in [-0.25, -0.2) is 9.97 Å². The zero-order valence-electron chi connectivity index (χ0n) is 11.7. The molecule has 0 spiro atoms. The van der Waals surface area contributed by atoms with Gasteiger partial charge in [-0.3, -0.25) is 0 Å². The van der Waals surface area contributed by atoms with Crippen LogP contribution >= 0.6 is 0 Å². The van der Waals surface area contributed by atoms with Crippen molar-refractivity contribution in [3.63, 3.8) is 0 Å². The number of hydrogen-bond acceptors (Lipinski definition) is 4. The molecule has 1 saturated heterocycles. The van der Waals surface area contributed by atoms with Crippen molar-refractivity contribution in [2.75, 3.05) is 24.5 Å². The van der Waals surface area contributed by atoms with Gasteiger partial charge in [0, 0.05) is 31.0 Å². The van der Waals surface area contributed by atoms with Gasteiger partial charge in [0.15, 0.2) is 0 Å². The quantitative estimate of drug-likeness (QED) is 0.865. The second kappa shape index (κ2) is 6.14. The largest absolute Gasteiger partial charge is 0.339 e. The Kier molecular flexibility index (Phi) is 4.53. The van der Waals surface area contributed by atoms with Crippen molar-refractivity contribution in [2.45, 2.75) is 39.7 Å². The highest BCUT2D eigenvalue weighted by molar-refractivity contribution is 5.30. The Hall–Kier alpha value is -1.16. The van der Waals surface area contributed by atoms with Gasteiger partial charge in [0.25, 0.3) is 0 Å². The van der Waals surface area contributed by atoms with Crippen LogP contribution in [0.5, 0.6) is 0 Å². The lowest BCUT2D eigenvalue weighted by atomic mass is 10.1. The molecule has 1 aliphatic heterocycles. The number of aryl methyl sites for hydroxylation is 1. The maximum atomic E-state index is 4.56. The van der Waals surface area contributed by atoms with Crippen LogP contribution in [-0.4, -0.2) is 35.6 Å². The number of hydrogen-bond donors (Lipinski definition) is 1. The minimum Gasteiger partial charge on any atom is -0.339 e. The highest BCUT2D eigenvalue weighted by atomic mass is 15.3. The molecule has 4 nitrogen and oxygen atoms in total. The maximum Gasteiger partial charge on any atom is 0.225 e. The average molecular weight is 248 g/mol. The van der Waals surface area contributed by atoms with E-state index in [2.05, 4.69) is 34.0 Å². The molecule has 0 aromatic carbocycles. The highest BCUT2D eigenvalue weighted by Crippen LogP contribution is 2.14. The SMILES string of the molecule is Cc1ccnc(N(CC(C)C)CC2CCCN2)n1. The van der Waals surface area contributed by atoms with Gasteiger partial charge < -0.3 is 10.2 Å². The molecule has 0 saturated carbocycles. The van der Waals surface area contributed by atoms with Gasteiger partial charge in [0.1, 0.15) is 0 Å². The molecule has 1 aromatic rings. The number of rotatable bonds is 5. The topological polar surface area (TPSA) is 41.1 Å². The summed E-state index contributed by atoms with van der Waals surface area (Å²) < 4.78 is 0. The molecule has 1 aliphatic rings. The maximum absolute atomic E-state index is 4.56. The van der Waals surface area contributed by atoms with Crippen molar-refractivity contribution < 1.29 is 0 Å². The first-order valence-corrected chi connectivity index (χ1v) is 6.93. The second-order valence-electron chi connectivity index (χ2n) is 5.59. The number of aromatic nitrogens is 2. The van der Waals surface area contributed by atoms with Crippen molar-refractivity contribution in [1.29, 1.82) is 0 Å². The highest BCUT2D eigenvalue weighted by Gasteiger charge is 2.20. The third-order valence-electron chi connectivity index (χ3n) is 3.25. The molecule has 1 N–H and O–H groups in total. The summed E-state index contributed by atoms with van der Waals surface area (Å²) in [7, 11) is 0. The van der Waals surface area contributed by atoms with Gasteiger partial charge in [-0.15, -0.1) is 0 Å². The van der Waals surface area contributed by atoms with E-state index in [9.17, 15) is 0 Å². The van der Waals surface area contributed by atoms with Gasteiger partial charge >= 0.3 is 0 Å². The lowest BCUT2D eigenvalue weighted by molar-refractivity contribution is 0.533. The zero-order chi connectivity index (χ0) is 13.0. The Bertz CT molecular complexity index is 372. The van der Waals surface area contributed by atoms with E-state index in [0.717, 1.165) is 31.3 Å². The molecule has 1 fully saturated rings. The van der Waals surface area contributed by atoms with E-state index < -0.39 is 0 Å². The third kappa shape index (κ3) is 3.67. The molecule has 0 bridgehead atoms. The Balaban J connectivity index is 2.08. The standard InChI is InChI=1S/C14H24N4/c1-11(2)9-18(10-13-5-4-7-15-13)14-16-8-6-12(3)17-14/h6,8,11,13,15H,4-5,7,9-10H2,1-3H3. The fourth-order valence-electron chi connectivity index (χ4n) is 2.45. The van der Waals surface area contributed by atoms with E-state index in [-0.39, 0.29) is 0 Å². The fraction of sp³-hybridized carbons (Fsp3) is 0.714. The van der Waals surface area contributed by atoms with Crippen LogP contribution in [0, 0.1) is 12.8 Å². The summed E-state index contributed by atoms with van der Waals surface area (Å²) in [5, 5.41) is 3.55. The van der Waals surface area contributed by atoms with Crippen LogP contribution in [0.4, 0.5) is 5.95 Å². The molecular formula is C14H24N4. The minimum absolute atomic E-state index is 0.591. The predicted octanol–water partition coefficient (Wildman–Crippen LogP) is 2.00. The van der Waals surface area contributed by atoms with Gasteiger partial charge in [-0.1, -0.05) is 13.8 Å². The molecule has 0 aliphatic carbocycles. The first-order valence-electron chi connectivity index (χ1n) is 6.93. The number of nitrogens with one attached hydrogen (secondary N) is 1. The normalized spacial score (nSPS) is 19.4. The van der Waals surface area contributed by atoms with E-state index in [1.807, 2.05) is 19.2 Å². The molecule has 2 heterocycles. The third-order valence-corrected chi connectivity index (χ3v) is 3.25. The second-order valence-corrected chi connectivity index (χ2v) is 5.59. The first-order chi connectivity index (χ1) is 8.65. The Morgan fingerprint density at radius 2 is 2.33 bits per heavy atom. The average Bonchev–Trinajstić information content (AvgIpc) is 2.80. The Morgan fingerprint density at radius 1 is 1.50 bits per heavy atom. The molecule has 100 valence electrons. The van der Waals surface area contributed by atoms with Crippen LogP contribution in [0.1, 0.15) is 32.4 Å². The van der Waals surface area contributed by atoms with E-state index in [4.69, 9.17) is 0 Å². The number of anilines is 1. The fourth-order valence-corrected chi connectivity index (χ4v) is 2.45. The van der Waals surface area contributed by atoms with Gasteiger partial charge in [-0.2, -0.15) is 0 Å². The zero-order valence-corrected chi connectivity index (χ0v) is 11.7. The predicted molar refractivity (Wildman–Crippen MR) is 74.8 cm³/mol. The van der Waals surface area contributed by atoms with Crippen molar-refractivity contribution in [1.82, 2.24) is 15.3 Å². The van der Waals surface area contributed by atoms with Crippen molar-refractivity contribution in [2.24, 2.45) is 5.92 Å². The summed E-state index contributed by atoms with van der Waals surface area (Å²) in [6.07, 6.45) is 4.41. The molecular weight excluding hydrogens is 224 g/mol. The van der Waals surface area contributed by atoms with E-state index in [1.54, 1.807) is 0 Å². The van der Waals surface area contributed by atoms with Crippen LogP contribution in [0.25, 0.3) is 0 Å². The molecule has 4 heteroatoms. The summed E-state index contributed by atoms with van der Waals surface area (Å²) in [4.78, 5) is 11.3. The van der Waals surface area contributed by atoms with Crippen LogP contribution in [0.15, 0.2) is 12.3 Å². The molecule has 0 radical (unpaired) electrons. The Morgan fingerprint density at radius 3 is 2.94 bits per heavy atom. The lowest BCUT2D eigenvalue weighted by Crippen LogP contribution is -2.40. The van der Waals surface area contributed by atoms with Crippen LogP contribution < -0.4 is 10.2 Å². The summed E-state index contributed by atoms with van der Waals surface area (Å²) in [5.41, 5.74) is 1.04. The molecule has 2 rings (SSSR count). The molecule has 0 amide bonds. The van der Waals surface area contributed by atoms with Gasteiger partial charge in [-0.05, 0) is 38.3 Å². The summed E-state index contributed by atoms with van der Waals surface area (Å²) in [6.45, 7) is 9.68. The monoisotopic (exact) mass is 248 g/mol. The molecule has 1 atom stereocenters. The van der Waals surface area contributed by atoms with E-state index in [1.165, 1.54) is 12.8 Å². The lowest BCUT2D eigenvalue weighted by Gasteiger charge is -2.27.